The topological polar surface area (TPSA) is 43.1 Å². The van der Waals surface area contributed by atoms with Crippen LogP contribution in [0.5, 0.6) is 0 Å². The SMILES string of the molecule is CCc1cnccc1C(=O)c1cc2cccc(C)c2o1. The van der Waals surface area contributed by atoms with Gasteiger partial charge in [0.05, 0.1) is 0 Å². The number of aromatic nitrogens is 1. The molecule has 0 amide bonds. The van der Waals surface area contributed by atoms with Crippen molar-refractivity contribution in [1.82, 2.24) is 4.98 Å². The molecule has 2 heterocycles. The Kier molecular flexibility index (Phi) is 3.11. The Bertz CT molecular complexity index is 787. The molecule has 100 valence electrons. The predicted molar refractivity (Wildman–Crippen MR) is 78.0 cm³/mol. The van der Waals surface area contributed by atoms with Crippen LogP contribution in [0.2, 0.25) is 0 Å². The minimum atomic E-state index is -0.0835. The van der Waals surface area contributed by atoms with Crippen molar-refractivity contribution in [2.24, 2.45) is 0 Å². The van der Waals surface area contributed by atoms with Crippen molar-refractivity contribution in [3.63, 3.8) is 0 Å². The second-order valence-electron chi connectivity index (χ2n) is 4.82. The van der Waals surface area contributed by atoms with E-state index < -0.39 is 0 Å². The number of hydrogen-bond acceptors (Lipinski definition) is 3. The quantitative estimate of drug-likeness (QED) is 0.674. The van der Waals surface area contributed by atoms with Gasteiger partial charge in [0, 0.05) is 23.3 Å². The molecule has 20 heavy (non-hydrogen) atoms. The summed E-state index contributed by atoms with van der Waals surface area (Å²) in [7, 11) is 0. The number of aryl methyl sites for hydroxylation is 2. The standard InChI is InChI=1S/C17H15NO2/c1-3-12-10-18-8-7-14(12)16(19)15-9-13-6-4-5-11(2)17(13)20-15/h4-10H,3H2,1-2H3. The average Bonchev–Trinajstić information content (AvgIpc) is 2.92. The maximum absolute atomic E-state index is 12.6. The first-order chi connectivity index (χ1) is 9.70. The molecule has 0 saturated carbocycles. The van der Waals surface area contributed by atoms with Crippen molar-refractivity contribution < 1.29 is 9.21 Å². The molecule has 0 radical (unpaired) electrons. The maximum Gasteiger partial charge on any atom is 0.228 e. The van der Waals surface area contributed by atoms with Crippen LogP contribution in [-0.4, -0.2) is 10.8 Å². The van der Waals surface area contributed by atoms with Gasteiger partial charge in [-0.05, 0) is 36.6 Å². The first kappa shape index (κ1) is 12.6. The Morgan fingerprint density at radius 2 is 2.15 bits per heavy atom. The molecule has 0 fully saturated rings. The van der Waals surface area contributed by atoms with Crippen LogP contribution in [0.1, 0.15) is 34.2 Å². The van der Waals surface area contributed by atoms with Gasteiger partial charge in [-0.1, -0.05) is 25.1 Å². The molecule has 0 saturated heterocycles. The van der Waals surface area contributed by atoms with E-state index in [0.29, 0.717) is 11.3 Å². The van der Waals surface area contributed by atoms with E-state index in [1.807, 2.05) is 38.1 Å². The Morgan fingerprint density at radius 3 is 2.90 bits per heavy atom. The van der Waals surface area contributed by atoms with Crippen LogP contribution in [0, 0.1) is 6.92 Å². The lowest BCUT2D eigenvalue weighted by molar-refractivity contribution is 0.101. The van der Waals surface area contributed by atoms with Crippen LogP contribution < -0.4 is 0 Å². The Labute approximate surface area is 117 Å². The fourth-order valence-electron chi connectivity index (χ4n) is 2.38. The van der Waals surface area contributed by atoms with E-state index >= 15 is 0 Å². The number of benzene rings is 1. The van der Waals surface area contributed by atoms with Crippen molar-refractivity contribution in [1.29, 1.82) is 0 Å². The van der Waals surface area contributed by atoms with Crippen molar-refractivity contribution in [2.45, 2.75) is 20.3 Å². The molecule has 1 aromatic carbocycles. The number of para-hydroxylation sites is 1. The lowest BCUT2D eigenvalue weighted by Gasteiger charge is -2.03. The lowest BCUT2D eigenvalue weighted by atomic mass is 10.0. The molecule has 0 N–H and O–H groups in total. The molecule has 0 atom stereocenters. The number of hydrogen-bond donors (Lipinski definition) is 0. The monoisotopic (exact) mass is 265 g/mol. The number of furan rings is 1. The van der Waals surface area contributed by atoms with Crippen LogP contribution in [0.15, 0.2) is 47.1 Å². The van der Waals surface area contributed by atoms with Gasteiger partial charge in [-0.2, -0.15) is 0 Å². The van der Waals surface area contributed by atoms with E-state index in [-0.39, 0.29) is 5.78 Å². The highest BCUT2D eigenvalue weighted by molar-refractivity contribution is 6.09. The third kappa shape index (κ3) is 2.01. The van der Waals surface area contributed by atoms with Crippen molar-refractivity contribution >= 4 is 16.8 Å². The van der Waals surface area contributed by atoms with E-state index in [1.165, 1.54) is 0 Å². The lowest BCUT2D eigenvalue weighted by Crippen LogP contribution is -2.04. The number of nitrogens with zero attached hydrogens (tertiary/aromatic N) is 1. The molecule has 0 aliphatic rings. The van der Waals surface area contributed by atoms with Gasteiger partial charge in [0.1, 0.15) is 5.58 Å². The predicted octanol–water partition coefficient (Wildman–Crippen LogP) is 3.93. The molecule has 0 aliphatic heterocycles. The third-order valence-electron chi connectivity index (χ3n) is 3.49. The van der Waals surface area contributed by atoms with Crippen LogP contribution in [0.3, 0.4) is 0 Å². The Hall–Kier alpha value is -2.42. The largest absolute Gasteiger partial charge is 0.452 e. The van der Waals surface area contributed by atoms with Crippen LogP contribution in [0.4, 0.5) is 0 Å². The number of carbonyl (C=O) groups excluding carboxylic acids is 1. The maximum atomic E-state index is 12.6. The smallest absolute Gasteiger partial charge is 0.228 e. The molecule has 0 spiro atoms. The summed E-state index contributed by atoms with van der Waals surface area (Å²) in [6.07, 6.45) is 4.15. The summed E-state index contributed by atoms with van der Waals surface area (Å²) < 4.78 is 5.74. The molecule has 2 aromatic heterocycles. The van der Waals surface area contributed by atoms with Gasteiger partial charge in [0.25, 0.3) is 0 Å². The van der Waals surface area contributed by atoms with Crippen molar-refractivity contribution in [2.75, 3.05) is 0 Å². The fourth-order valence-corrected chi connectivity index (χ4v) is 2.38. The van der Waals surface area contributed by atoms with E-state index in [1.54, 1.807) is 18.5 Å². The zero-order valence-corrected chi connectivity index (χ0v) is 11.5. The van der Waals surface area contributed by atoms with Gasteiger partial charge < -0.3 is 4.42 Å². The van der Waals surface area contributed by atoms with Gasteiger partial charge in [-0.15, -0.1) is 0 Å². The second kappa shape index (κ2) is 4.93. The third-order valence-corrected chi connectivity index (χ3v) is 3.49. The van der Waals surface area contributed by atoms with Gasteiger partial charge in [0.15, 0.2) is 5.76 Å². The summed E-state index contributed by atoms with van der Waals surface area (Å²) in [4.78, 5) is 16.7. The molecule has 3 rings (SSSR count). The van der Waals surface area contributed by atoms with Crippen LogP contribution >= 0.6 is 0 Å². The summed E-state index contributed by atoms with van der Waals surface area (Å²) in [5, 5.41) is 0.959. The first-order valence-electron chi connectivity index (χ1n) is 6.67. The van der Waals surface area contributed by atoms with Gasteiger partial charge in [0.2, 0.25) is 5.78 Å². The first-order valence-corrected chi connectivity index (χ1v) is 6.67. The Morgan fingerprint density at radius 1 is 1.30 bits per heavy atom. The summed E-state index contributed by atoms with van der Waals surface area (Å²) in [5.41, 5.74) is 3.42. The number of pyridine rings is 1. The van der Waals surface area contributed by atoms with E-state index in [9.17, 15) is 4.79 Å². The minimum Gasteiger partial charge on any atom is -0.452 e. The summed E-state index contributed by atoms with van der Waals surface area (Å²) in [6.45, 7) is 3.99. The van der Waals surface area contributed by atoms with Gasteiger partial charge in [-0.3, -0.25) is 9.78 Å². The summed E-state index contributed by atoms with van der Waals surface area (Å²) in [6, 6.07) is 9.46. The highest BCUT2D eigenvalue weighted by Crippen LogP contribution is 2.25. The molecular formula is C17H15NO2. The summed E-state index contributed by atoms with van der Waals surface area (Å²) >= 11 is 0. The van der Waals surface area contributed by atoms with E-state index in [0.717, 1.165) is 28.5 Å². The van der Waals surface area contributed by atoms with Gasteiger partial charge >= 0.3 is 0 Å². The normalized spacial score (nSPS) is 10.9. The molecular weight excluding hydrogens is 250 g/mol. The molecule has 3 aromatic rings. The highest BCUT2D eigenvalue weighted by Gasteiger charge is 2.17. The second-order valence-corrected chi connectivity index (χ2v) is 4.82. The minimum absolute atomic E-state index is 0.0835. The zero-order chi connectivity index (χ0) is 14.1. The van der Waals surface area contributed by atoms with Crippen LogP contribution in [-0.2, 0) is 6.42 Å². The van der Waals surface area contributed by atoms with Crippen molar-refractivity contribution in [3.8, 4) is 0 Å². The number of ketones is 1. The highest BCUT2D eigenvalue weighted by atomic mass is 16.3. The van der Waals surface area contributed by atoms with Crippen molar-refractivity contribution in [3.05, 3.63) is 65.2 Å². The number of rotatable bonds is 3. The fraction of sp³-hybridized carbons (Fsp3) is 0.176. The van der Waals surface area contributed by atoms with E-state index in [2.05, 4.69) is 4.98 Å². The van der Waals surface area contributed by atoms with E-state index in [4.69, 9.17) is 4.42 Å². The molecule has 0 bridgehead atoms. The molecule has 0 unspecified atom stereocenters. The van der Waals surface area contributed by atoms with Gasteiger partial charge in [-0.25, -0.2) is 0 Å². The Balaban J connectivity index is 2.11. The molecule has 0 aliphatic carbocycles. The zero-order valence-electron chi connectivity index (χ0n) is 11.5. The number of fused-ring (bicyclic) bond motifs is 1. The number of carbonyl (C=O) groups is 1. The summed E-state index contributed by atoms with van der Waals surface area (Å²) in [5.74, 6) is 0.301. The average molecular weight is 265 g/mol. The molecule has 3 heteroatoms. The molecule has 3 nitrogen and oxygen atoms in total. The van der Waals surface area contributed by atoms with Crippen LogP contribution in [0.25, 0.3) is 11.0 Å².